The minimum Gasteiger partial charge on any atom is -0.203 e. The minimum atomic E-state index is -0.597. The fourth-order valence-corrected chi connectivity index (χ4v) is 5.64. The van der Waals surface area contributed by atoms with E-state index in [1.807, 2.05) is 19.1 Å². The largest absolute Gasteiger partial charge is 0.203 e. The number of hydrogen-bond donors (Lipinski definition) is 0. The summed E-state index contributed by atoms with van der Waals surface area (Å²) in [5, 5.41) is 0. The molecule has 26 heavy (non-hydrogen) atoms. The van der Waals surface area contributed by atoms with Gasteiger partial charge in [0.1, 0.15) is 0 Å². The molecule has 2 saturated carbocycles. The number of halogens is 2. The molecule has 0 heterocycles. The molecule has 0 radical (unpaired) electrons. The summed E-state index contributed by atoms with van der Waals surface area (Å²) >= 11 is 0. The van der Waals surface area contributed by atoms with Gasteiger partial charge in [-0.05, 0) is 79.7 Å². The van der Waals surface area contributed by atoms with Crippen molar-refractivity contribution in [3.8, 4) is 0 Å². The Morgan fingerprint density at radius 3 is 1.96 bits per heavy atom. The third kappa shape index (κ3) is 4.49. The first-order valence-electron chi connectivity index (χ1n) is 11.1. The SMILES string of the molecule is CCCc1ccc(C2CCC(C3CCC(CCC)CC3)CC2)c(F)c1F. The molecule has 2 fully saturated rings. The summed E-state index contributed by atoms with van der Waals surface area (Å²) in [6, 6.07) is 3.68. The fraction of sp³-hybridized carbons (Fsp3) is 0.750. The lowest BCUT2D eigenvalue weighted by Crippen LogP contribution is -2.25. The van der Waals surface area contributed by atoms with Crippen LogP contribution in [0.25, 0.3) is 0 Å². The second-order valence-electron chi connectivity index (χ2n) is 8.87. The third-order valence-corrected chi connectivity index (χ3v) is 7.18. The van der Waals surface area contributed by atoms with Crippen LogP contribution >= 0.6 is 0 Å². The smallest absolute Gasteiger partial charge is 0.162 e. The molecule has 0 spiro atoms. The van der Waals surface area contributed by atoms with Crippen molar-refractivity contribution in [3.63, 3.8) is 0 Å². The number of hydrogen-bond acceptors (Lipinski definition) is 0. The van der Waals surface area contributed by atoms with E-state index in [0.29, 0.717) is 17.5 Å². The summed E-state index contributed by atoms with van der Waals surface area (Å²) in [6.07, 6.45) is 14.3. The highest BCUT2D eigenvalue weighted by Gasteiger charge is 2.32. The average Bonchev–Trinajstić information content (AvgIpc) is 2.67. The van der Waals surface area contributed by atoms with Gasteiger partial charge in [0.2, 0.25) is 0 Å². The maximum absolute atomic E-state index is 14.6. The van der Waals surface area contributed by atoms with Gasteiger partial charge >= 0.3 is 0 Å². The molecule has 0 aliphatic heterocycles. The van der Waals surface area contributed by atoms with Crippen molar-refractivity contribution in [2.24, 2.45) is 17.8 Å². The molecule has 146 valence electrons. The summed E-state index contributed by atoms with van der Waals surface area (Å²) in [5.41, 5.74) is 1.17. The van der Waals surface area contributed by atoms with Gasteiger partial charge in [-0.15, -0.1) is 0 Å². The van der Waals surface area contributed by atoms with Crippen molar-refractivity contribution in [3.05, 3.63) is 34.9 Å². The third-order valence-electron chi connectivity index (χ3n) is 7.18. The summed E-state index contributed by atoms with van der Waals surface area (Å²) in [5.74, 6) is 1.72. The van der Waals surface area contributed by atoms with Crippen molar-refractivity contribution in [1.82, 2.24) is 0 Å². The molecule has 3 rings (SSSR count). The van der Waals surface area contributed by atoms with E-state index in [9.17, 15) is 8.78 Å². The van der Waals surface area contributed by atoms with Gasteiger partial charge in [-0.2, -0.15) is 0 Å². The molecule has 0 atom stereocenters. The zero-order valence-corrected chi connectivity index (χ0v) is 16.7. The molecule has 0 bridgehead atoms. The molecule has 0 N–H and O–H groups in total. The lowest BCUT2D eigenvalue weighted by Gasteiger charge is -2.38. The van der Waals surface area contributed by atoms with Gasteiger partial charge in [0.25, 0.3) is 0 Å². The van der Waals surface area contributed by atoms with Gasteiger partial charge in [-0.1, -0.05) is 58.1 Å². The summed E-state index contributed by atoms with van der Waals surface area (Å²) < 4.78 is 28.9. The van der Waals surface area contributed by atoms with Gasteiger partial charge < -0.3 is 0 Å². The van der Waals surface area contributed by atoms with Gasteiger partial charge in [-0.3, -0.25) is 0 Å². The summed E-state index contributed by atoms with van der Waals surface area (Å²) in [6.45, 7) is 4.30. The maximum Gasteiger partial charge on any atom is 0.162 e. The maximum atomic E-state index is 14.6. The van der Waals surface area contributed by atoms with Gasteiger partial charge in [-0.25, -0.2) is 8.78 Å². The predicted molar refractivity (Wildman–Crippen MR) is 105 cm³/mol. The average molecular weight is 363 g/mol. The van der Waals surface area contributed by atoms with Crippen LogP contribution < -0.4 is 0 Å². The molecule has 2 heteroatoms. The molecular formula is C24H36F2. The summed E-state index contributed by atoms with van der Waals surface area (Å²) in [4.78, 5) is 0. The Balaban J connectivity index is 1.55. The molecular weight excluding hydrogens is 326 g/mol. The summed E-state index contributed by atoms with van der Waals surface area (Å²) in [7, 11) is 0. The van der Waals surface area contributed by atoms with Crippen LogP contribution in [0.4, 0.5) is 8.78 Å². The lowest BCUT2D eigenvalue weighted by molar-refractivity contribution is 0.156. The molecule has 2 aliphatic carbocycles. The second kappa shape index (κ2) is 9.33. The highest BCUT2D eigenvalue weighted by Crippen LogP contribution is 2.45. The molecule has 1 aromatic carbocycles. The topological polar surface area (TPSA) is 0 Å². The van der Waals surface area contributed by atoms with Crippen LogP contribution in [-0.4, -0.2) is 0 Å². The second-order valence-corrected chi connectivity index (χ2v) is 8.87. The van der Waals surface area contributed by atoms with E-state index in [4.69, 9.17) is 0 Å². The van der Waals surface area contributed by atoms with Gasteiger partial charge in [0.05, 0.1) is 0 Å². The number of rotatable bonds is 6. The Labute approximate surface area is 158 Å². The van der Waals surface area contributed by atoms with Crippen LogP contribution in [0, 0.1) is 29.4 Å². The number of aryl methyl sites for hydroxylation is 1. The van der Waals surface area contributed by atoms with Crippen molar-refractivity contribution < 1.29 is 8.78 Å². The van der Waals surface area contributed by atoms with E-state index >= 15 is 0 Å². The molecule has 0 saturated heterocycles. The highest BCUT2D eigenvalue weighted by molar-refractivity contribution is 5.29. The quantitative estimate of drug-likeness (QED) is 0.484. The van der Waals surface area contributed by atoms with Crippen LogP contribution in [0.1, 0.15) is 102 Å². The van der Waals surface area contributed by atoms with Crippen molar-refractivity contribution in [1.29, 1.82) is 0 Å². The van der Waals surface area contributed by atoms with E-state index in [0.717, 1.165) is 37.0 Å². The Morgan fingerprint density at radius 1 is 0.769 bits per heavy atom. The zero-order valence-electron chi connectivity index (χ0n) is 16.7. The first-order valence-corrected chi connectivity index (χ1v) is 11.1. The van der Waals surface area contributed by atoms with Crippen LogP contribution in [0.3, 0.4) is 0 Å². The molecule has 0 amide bonds. The van der Waals surface area contributed by atoms with Crippen molar-refractivity contribution >= 4 is 0 Å². The highest BCUT2D eigenvalue weighted by atomic mass is 19.2. The molecule has 0 aromatic heterocycles. The van der Waals surface area contributed by atoms with Gasteiger partial charge in [0.15, 0.2) is 11.6 Å². The van der Waals surface area contributed by atoms with E-state index < -0.39 is 11.6 Å². The Morgan fingerprint density at radius 2 is 1.38 bits per heavy atom. The van der Waals surface area contributed by atoms with E-state index in [2.05, 4.69) is 6.92 Å². The fourth-order valence-electron chi connectivity index (χ4n) is 5.64. The molecule has 2 aliphatic rings. The lowest BCUT2D eigenvalue weighted by atomic mass is 9.68. The van der Waals surface area contributed by atoms with Gasteiger partial charge in [0, 0.05) is 0 Å². The van der Waals surface area contributed by atoms with E-state index in [1.54, 1.807) is 0 Å². The van der Waals surface area contributed by atoms with Crippen LogP contribution in [0.15, 0.2) is 12.1 Å². The van der Waals surface area contributed by atoms with Crippen LogP contribution in [0.5, 0.6) is 0 Å². The first kappa shape index (κ1) is 19.8. The molecule has 0 nitrogen and oxygen atoms in total. The Kier molecular flexibility index (Phi) is 7.12. The number of benzene rings is 1. The predicted octanol–water partition coefficient (Wildman–Crippen LogP) is 7.80. The van der Waals surface area contributed by atoms with E-state index in [-0.39, 0.29) is 5.92 Å². The van der Waals surface area contributed by atoms with Crippen LogP contribution in [0.2, 0.25) is 0 Å². The van der Waals surface area contributed by atoms with Crippen LogP contribution in [-0.2, 0) is 6.42 Å². The Hall–Kier alpha value is -0.920. The Bertz CT molecular complexity index is 564. The standard InChI is InChI=1S/C24H36F2/c1-3-5-17-7-9-18(10-8-17)19-11-13-20(14-12-19)22-16-15-21(6-4-2)23(25)24(22)26/h15-20H,3-14H2,1-2H3. The van der Waals surface area contributed by atoms with E-state index in [1.165, 1.54) is 51.4 Å². The normalized spacial score (nSPS) is 29.7. The monoisotopic (exact) mass is 362 g/mol. The molecule has 0 unspecified atom stereocenters. The minimum absolute atomic E-state index is 0.216. The zero-order chi connectivity index (χ0) is 18.5. The molecule has 1 aromatic rings. The van der Waals surface area contributed by atoms with Crippen molar-refractivity contribution in [2.45, 2.75) is 96.8 Å². The first-order chi connectivity index (χ1) is 12.6. The van der Waals surface area contributed by atoms with Crippen molar-refractivity contribution in [2.75, 3.05) is 0 Å².